The minimum absolute atomic E-state index is 0.509. The Bertz CT molecular complexity index is 1200. The topological polar surface area (TPSA) is 28.1 Å². The van der Waals surface area contributed by atoms with Crippen LogP contribution in [-0.2, 0) is 5.54 Å². The highest BCUT2D eigenvalue weighted by molar-refractivity contribution is 6.30. The highest BCUT2D eigenvalue weighted by Crippen LogP contribution is 2.41. The number of methoxy groups -OCH3 is 1. The summed E-state index contributed by atoms with van der Waals surface area (Å²) in [6, 6.07) is 26.9. The summed E-state index contributed by atoms with van der Waals surface area (Å²) in [6.07, 6.45) is 2.35. The lowest BCUT2D eigenvalue weighted by molar-refractivity contribution is 0.280. The average molecular weight is 472 g/mol. The van der Waals surface area contributed by atoms with Gasteiger partial charge >= 0.3 is 0 Å². The van der Waals surface area contributed by atoms with Crippen LogP contribution in [0.4, 0.5) is 5.69 Å². The number of rotatable bonds is 6. The van der Waals surface area contributed by atoms with E-state index in [1.54, 1.807) is 7.11 Å². The van der Waals surface area contributed by atoms with Crippen molar-refractivity contribution in [1.82, 2.24) is 4.90 Å². The van der Waals surface area contributed by atoms with Crippen LogP contribution in [0.1, 0.15) is 18.1 Å². The van der Waals surface area contributed by atoms with Gasteiger partial charge < -0.3 is 9.64 Å². The normalized spacial score (nSPS) is 20.7. The van der Waals surface area contributed by atoms with Gasteiger partial charge in [-0.2, -0.15) is 0 Å². The summed E-state index contributed by atoms with van der Waals surface area (Å²) in [4.78, 5) is 10.2. The van der Waals surface area contributed by atoms with Gasteiger partial charge in [0.15, 0.2) is 0 Å². The van der Waals surface area contributed by atoms with E-state index in [1.807, 2.05) is 24.3 Å². The molecule has 0 N–H and O–H groups in total. The zero-order valence-corrected chi connectivity index (χ0v) is 20.5. The van der Waals surface area contributed by atoms with Crippen LogP contribution >= 0.6 is 11.6 Å². The fourth-order valence-corrected chi connectivity index (χ4v) is 5.15. The molecule has 0 spiro atoms. The average Bonchev–Trinajstić information content (AvgIpc) is 3.22. The molecule has 3 aromatic rings. The number of hydrogen-bond donors (Lipinski definition) is 0. The minimum atomic E-state index is -0.509. The van der Waals surface area contributed by atoms with Gasteiger partial charge in [0.1, 0.15) is 11.3 Å². The Balaban J connectivity index is 1.37. The summed E-state index contributed by atoms with van der Waals surface area (Å²) in [5.74, 6) is 0.938. The molecule has 3 aromatic carbocycles. The maximum atomic E-state index is 6.20. The number of aliphatic imine (C=N–C) groups is 1. The van der Waals surface area contributed by atoms with Gasteiger partial charge in [0, 0.05) is 43.5 Å². The van der Waals surface area contributed by atoms with E-state index in [1.165, 1.54) is 16.8 Å². The Morgan fingerprint density at radius 3 is 2.21 bits per heavy atom. The van der Waals surface area contributed by atoms with E-state index in [2.05, 4.69) is 77.4 Å². The van der Waals surface area contributed by atoms with Gasteiger partial charge in [-0.15, -0.1) is 0 Å². The quantitative estimate of drug-likeness (QED) is 0.453. The predicted molar refractivity (Wildman–Crippen MR) is 142 cm³/mol. The van der Waals surface area contributed by atoms with Crippen LogP contribution in [-0.4, -0.2) is 50.4 Å². The van der Waals surface area contributed by atoms with E-state index in [4.69, 9.17) is 21.3 Å². The van der Waals surface area contributed by atoms with Gasteiger partial charge in [-0.05, 0) is 54.0 Å². The molecule has 0 radical (unpaired) electrons. The summed E-state index contributed by atoms with van der Waals surface area (Å²) in [7, 11) is 1.74. The van der Waals surface area contributed by atoms with Crippen LogP contribution in [0, 0.1) is 0 Å². The van der Waals surface area contributed by atoms with E-state index in [-0.39, 0.29) is 0 Å². The Hall–Kier alpha value is -3.08. The number of benzene rings is 3. The number of nitrogens with zero attached hydrogens (tertiary/aromatic N) is 3. The molecular weight excluding hydrogens is 442 g/mol. The molecule has 0 bridgehead atoms. The molecular formula is C29H30ClN3O. The Morgan fingerprint density at radius 1 is 0.853 bits per heavy atom. The van der Waals surface area contributed by atoms with Crippen molar-refractivity contribution in [3.63, 3.8) is 0 Å². The Kier molecular flexibility index (Phi) is 6.44. The van der Waals surface area contributed by atoms with Crippen LogP contribution in [0.2, 0.25) is 5.02 Å². The van der Waals surface area contributed by atoms with Crippen molar-refractivity contribution in [2.45, 2.75) is 12.5 Å². The van der Waals surface area contributed by atoms with Crippen molar-refractivity contribution in [2.24, 2.45) is 4.99 Å². The van der Waals surface area contributed by atoms with Gasteiger partial charge in [-0.3, -0.25) is 9.89 Å². The van der Waals surface area contributed by atoms with Gasteiger partial charge in [0.2, 0.25) is 0 Å². The molecule has 2 heterocycles. The van der Waals surface area contributed by atoms with Crippen molar-refractivity contribution >= 4 is 23.0 Å². The molecule has 1 unspecified atom stereocenters. The summed E-state index contributed by atoms with van der Waals surface area (Å²) in [6.45, 7) is 6.99. The fraction of sp³-hybridized carbons (Fsp3) is 0.276. The number of ether oxygens (including phenoxy) is 1. The molecule has 2 aliphatic rings. The Morgan fingerprint density at radius 2 is 1.50 bits per heavy atom. The number of halogens is 1. The number of anilines is 1. The van der Waals surface area contributed by atoms with Crippen LogP contribution < -0.4 is 9.64 Å². The number of piperazine rings is 1. The summed E-state index contributed by atoms with van der Waals surface area (Å²) in [5, 5.41) is 0.739. The lowest BCUT2D eigenvalue weighted by Gasteiger charge is -2.36. The molecule has 34 heavy (non-hydrogen) atoms. The SMILES string of the molecule is COc1ccccc1N1CCN(CC2=CC(c3ccccc3)(c3ccc(Cl)cc3)N=C2C)CC1. The van der Waals surface area contributed by atoms with Gasteiger partial charge in [-0.1, -0.05) is 66.2 Å². The summed E-state index contributed by atoms with van der Waals surface area (Å²) >= 11 is 6.20. The molecule has 174 valence electrons. The largest absolute Gasteiger partial charge is 0.495 e. The highest BCUT2D eigenvalue weighted by atomic mass is 35.5. The van der Waals surface area contributed by atoms with E-state index in [0.29, 0.717) is 0 Å². The van der Waals surface area contributed by atoms with Gasteiger partial charge in [0.05, 0.1) is 12.8 Å². The van der Waals surface area contributed by atoms with Crippen molar-refractivity contribution in [1.29, 1.82) is 0 Å². The molecule has 1 saturated heterocycles. The zero-order valence-electron chi connectivity index (χ0n) is 19.7. The molecule has 4 nitrogen and oxygen atoms in total. The van der Waals surface area contributed by atoms with Crippen LogP contribution in [0.3, 0.4) is 0 Å². The minimum Gasteiger partial charge on any atom is -0.495 e. The molecule has 0 aliphatic carbocycles. The summed E-state index contributed by atoms with van der Waals surface area (Å²) in [5.41, 5.74) is 5.37. The van der Waals surface area contributed by atoms with Crippen molar-refractivity contribution in [3.05, 3.63) is 107 Å². The molecule has 0 amide bonds. The molecule has 0 aromatic heterocycles. The van der Waals surface area contributed by atoms with Crippen molar-refractivity contribution < 1.29 is 4.74 Å². The van der Waals surface area contributed by atoms with E-state index in [0.717, 1.165) is 54.8 Å². The Labute approximate surface area is 207 Å². The first kappa shape index (κ1) is 22.7. The second kappa shape index (κ2) is 9.65. The first-order valence-corrected chi connectivity index (χ1v) is 12.2. The molecule has 1 atom stereocenters. The maximum absolute atomic E-state index is 6.20. The van der Waals surface area contributed by atoms with Crippen molar-refractivity contribution in [2.75, 3.05) is 44.7 Å². The first-order valence-electron chi connectivity index (χ1n) is 11.8. The van der Waals surface area contributed by atoms with Crippen LogP contribution in [0.15, 0.2) is 95.5 Å². The number of para-hydroxylation sites is 2. The second-order valence-electron chi connectivity index (χ2n) is 8.94. The van der Waals surface area contributed by atoms with Gasteiger partial charge in [-0.25, -0.2) is 0 Å². The monoisotopic (exact) mass is 471 g/mol. The van der Waals surface area contributed by atoms with Crippen LogP contribution in [0.5, 0.6) is 5.75 Å². The molecule has 1 fully saturated rings. The predicted octanol–water partition coefficient (Wildman–Crippen LogP) is 5.82. The van der Waals surface area contributed by atoms with Crippen LogP contribution in [0.25, 0.3) is 0 Å². The molecule has 5 rings (SSSR count). The third-order valence-electron chi connectivity index (χ3n) is 6.88. The fourth-order valence-electron chi connectivity index (χ4n) is 5.02. The molecule has 0 saturated carbocycles. The smallest absolute Gasteiger partial charge is 0.142 e. The second-order valence-corrected chi connectivity index (χ2v) is 9.38. The van der Waals surface area contributed by atoms with E-state index in [9.17, 15) is 0 Å². The lowest BCUT2D eigenvalue weighted by Crippen LogP contribution is -2.47. The third kappa shape index (κ3) is 4.36. The third-order valence-corrected chi connectivity index (χ3v) is 7.13. The standard InChI is InChI=1S/C29H30ClN3O/c1-22-23(21-32-16-18-33(19-17-32)27-10-6-7-11-28(27)34-2)20-29(31-22,24-8-4-3-5-9-24)25-12-14-26(30)15-13-25/h3-15,20H,16-19,21H2,1-2H3. The van der Waals surface area contributed by atoms with Crippen molar-refractivity contribution in [3.8, 4) is 5.75 Å². The van der Waals surface area contributed by atoms with Gasteiger partial charge in [0.25, 0.3) is 0 Å². The lowest BCUT2D eigenvalue weighted by atomic mass is 9.83. The number of hydrogen-bond acceptors (Lipinski definition) is 4. The van der Waals surface area contributed by atoms with E-state index < -0.39 is 5.54 Å². The zero-order chi connectivity index (χ0) is 23.5. The maximum Gasteiger partial charge on any atom is 0.142 e. The summed E-state index contributed by atoms with van der Waals surface area (Å²) < 4.78 is 5.57. The van der Waals surface area contributed by atoms with E-state index >= 15 is 0 Å². The highest BCUT2D eigenvalue weighted by Gasteiger charge is 2.37. The first-order chi connectivity index (χ1) is 16.6. The molecule has 5 heteroatoms. The molecule has 2 aliphatic heterocycles.